The molecular weight excluding hydrogens is 306 g/mol. The summed E-state index contributed by atoms with van der Waals surface area (Å²) in [7, 11) is 0. The van der Waals surface area contributed by atoms with Gasteiger partial charge in [0.15, 0.2) is 6.54 Å². The summed E-state index contributed by atoms with van der Waals surface area (Å²) in [6, 6.07) is 14.7. The van der Waals surface area contributed by atoms with Gasteiger partial charge in [0.1, 0.15) is 0 Å². The number of hydrogen-bond donors (Lipinski definition) is 2. The van der Waals surface area contributed by atoms with Crippen LogP contribution >= 0.6 is 11.3 Å². The molecule has 2 heterocycles. The van der Waals surface area contributed by atoms with Gasteiger partial charge in [-0.25, -0.2) is 0 Å². The second-order valence-electron chi connectivity index (χ2n) is 5.93. The Hall–Kier alpha value is -1.85. The van der Waals surface area contributed by atoms with E-state index in [1.165, 1.54) is 15.5 Å². The number of nitrogens with zero attached hydrogens (tertiary/aromatic N) is 1. The summed E-state index contributed by atoms with van der Waals surface area (Å²) < 4.78 is 0. The maximum atomic E-state index is 12.0. The summed E-state index contributed by atoms with van der Waals surface area (Å²) in [5, 5.41) is 5.12. The predicted octanol–water partition coefficient (Wildman–Crippen LogP) is 0.812. The fourth-order valence-electron chi connectivity index (χ4n) is 2.97. The molecule has 122 valence electrons. The molecule has 0 spiro atoms. The molecule has 23 heavy (non-hydrogen) atoms. The lowest BCUT2D eigenvalue weighted by Gasteiger charge is -2.33. The summed E-state index contributed by atoms with van der Waals surface area (Å²) in [6.45, 7) is 5.40. The lowest BCUT2D eigenvalue weighted by atomic mass is 10.2. The molecular formula is C18H24N3OS+. The van der Waals surface area contributed by atoms with Gasteiger partial charge in [-0.15, -0.1) is 11.3 Å². The van der Waals surface area contributed by atoms with Crippen LogP contribution in [0.25, 0.3) is 0 Å². The van der Waals surface area contributed by atoms with Crippen LogP contribution in [0.3, 0.4) is 0 Å². The van der Waals surface area contributed by atoms with E-state index in [-0.39, 0.29) is 5.91 Å². The van der Waals surface area contributed by atoms with E-state index in [4.69, 9.17) is 0 Å². The first kappa shape index (κ1) is 16.0. The average molecular weight is 330 g/mol. The standard InChI is InChI=1S/C18H23N3OS/c22-18(19-9-8-17-7-4-14-23-17)15-20-10-12-21(13-11-20)16-5-2-1-3-6-16/h1-7,14H,8-13,15H2,(H,19,22)/p+1. The first-order valence-corrected chi connectivity index (χ1v) is 9.12. The van der Waals surface area contributed by atoms with Gasteiger partial charge >= 0.3 is 0 Å². The van der Waals surface area contributed by atoms with Crippen molar-refractivity contribution in [2.24, 2.45) is 0 Å². The minimum absolute atomic E-state index is 0.171. The molecule has 1 saturated heterocycles. The van der Waals surface area contributed by atoms with Gasteiger partial charge in [-0.3, -0.25) is 4.79 Å². The average Bonchev–Trinajstić information content (AvgIpc) is 3.10. The number of anilines is 1. The van der Waals surface area contributed by atoms with Crippen molar-refractivity contribution in [3.8, 4) is 0 Å². The van der Waals surface area contributed by atoms with Crippen molar-refractivity contribution in [2.45, 2.75) is 6.42 Å². The first-order valence-electron chi connectivity index (χ1n) is 8.24. The highest BCUT2D eigenvalue weighted by molar-refractivity contribution is 7.09. The molecule has 1 fully saturated rings. The summed E-state index contributed by atoms with van der Waals surface area (Å²) in [5.41, 5.74) is 1.28. The third-order valence-electron chi connectivity index (χ3n) is 4.28. The van der Waals surface area contributed by atoms with Crippen molar-refractivity contribution < 1.29 is 9.69 Å². The van der Waals surface area contributed by atoms with E-state index in [1.54, 1.807) is 11.3 Å². The molecule has 0 saturated carbocycles. The molecule has 0 radical (unpaired) electrons. The molecule has 1 aromatic carbocycles. The Labute approximate surface area is 141 Å². The van der Waals surface area contributed by atoms with Crippen molar-refractivity contribution in [3.05, 3.63) is 52.7 Å². The fraction of sp³-hybridized carbons (Fsp3) is 0.389. The van der Waals surface area contributed by atoms with E-state index in [1.807, 2.05) is 6.07 Å². The Bertz CT molecular complexity index is 592. The van der Waals surface area contributed by atoms with Crippen LogP contribution in [-0.4, -0.2) is 45.2 Å². The number of rotatable bonds is 6. The van der Waals surface area contributed by atoms with Gasteiger partial charge in [-0.2, -0.15) is 0 Å². The number of nitrogens with one attached hydrogen (secondary N) is 2. The van der Waals surface area contributed by atoms with Crippen LogP contribution in [0.15, 0.2) is 47.8 Å². The summed E-state index contributed by atoms with van der Waals surface area (Å²) in [5.74, 6) is 0.171. The molecule has 3 rings (SSSR count). The van der Waals surface area contributed by atoms with E-state index in [9.17, 15) is 4.79 Å². The second kappa shape index (κ2) is 8.13. The van der Waals surface area contributed by atoms with E-state index in [2.05, 4.69) is 52.0 Å². The van der Waals surface area contributed by atoms with Crippen LogP contribution < -0.4 is 15.1 Å². The molecule has 5 heteroatoms. The minimum Gasteiger partial charge on any atom is -0.360 e. The molecule has 1 aliphatic rings. The number of piperazine rings is 1. The largest absolute Gasteiger partial charge is 0.360 e. The van der Waals surface area contributed by atoms with Crippen molar-refractivity contribution in [1.82, 2.24) is 5.32 Å². The maximum absolute atomic E-state index is 12.0. The third-order valence-corrected chi connectivity index (χ3v) is 5.21. The topological polar surface area (TPSA) is 36.8 Å². The van der Waals surface area contributed by atoms with Crippen LogP contribution in [0.1, 0.15) is 4.88 Å². The van der Waals surface area contributed by atoms with Crippen molar-refractivity contribution >= 4 is 22.9 Å². The molecule has 0 atom stereocenters. The highest BCUT2D eigenvalue weighted by atomic mass is 32.1. The number of carbonyl (C=O) groups excluding carboxylic acids is 1. The lowest BCUT2D eigenvalue weighted by Crippen LogP contribution is -3.16. The number of hydrogen-bond acceptors (Lipinski definition) is 3. The minimum atomic E-state index is 0.171. The first-order chi connectivity index (χ1) is 11.3. The van der Waals surface area contributed by atoms with Gasteiger partial charge < -0.3 is 15.1 Å². The van der Waals surface area contributed by atoms with Crippen LogP contribution in [0.5, 0.6) is 0 Å². The predicted molar refractivity (Wildman–Crippen MR) is 95.3 cm³/mol. The van der Waals surface area contributed by atoms with Crippen LogP contribution in [0.4, 0.5) is 5.69 Å². The quantitative estimate of drug-likeness (QED) is 0.822. The molecule has 0 aliphatic carbocycles. The molecule has 1 aliphatic heterocycles. The van der Waals surface area contributed by atoms with Crippen molar-refractivity contribution in [1.29, 1.82) is 0 Å². The van der Waals surface area contributed by atoms with Gasteiger partial charge in [0.05, 0.1) is 26.2 Å². The van der Waals surface area contributed by atoms with Gasteiger partial charge in [0.2, 0.25) is 0 Å². The SMILES string of the molecule is O=C(C[NH+]1CCN(c2ccccc2)CC1)NCCc1cccs1. The highest BCUT2D eigenvalue weighted by Crippen LogP contribution is 2.12. The smallest absolute Gasteiger partial charge is 0.275 e. The van der Waals surface area contributed by atoms with Crippen molar-refractivity contribution in [2.75, 3.05) is 44.2 Å². The Kier molecular flexibility index (Phi) is 5.66. The van der Waals surface area contributed by atoms with E-state index >= 15 is 0 Å². The number of amides is 1. The van der Waals surface area contributed by atoms with E-state index in [0.29, 0.717) is 6.54 Å². The summed E-state index contributed by atoms with van der Waals surface area (Å²) >= 11 is 1.75. The number of carbonyl (C=O) groups is 1. The maximum Gasteiger partial charge on any atom is 0.275 e. The number of benzene rings is 1. The zero-order chi connectivity index (χ0) is 15.9. The summed E-state index contributed by atoms with van der Waals surface area (Å²) in [4.78, 5) is 17.2. The molecule has 0 unspecified atom stereocenters. The second-order valence-corrected chi connectivity index (χ2v) is 6.96. The van der Waals surface area contributed by atoms with E-state index < -0.39 is 0 Å². The monoisotopic (exact) mass is 330 g/mol. The van der Waals surface area contributed by atoms with Gasteiger partial charge in [0.25, 0.3) is 5.91 Å². The zero-order valence-electron chi connectivity index (χ0n) is 13.3. The fourth-order valence-corrected chi connectivity index (χ4v) is 3.68. The normalized spacial score (nSPS) is 15.6. The van der Waals surface area contributed by atoms with Crippen LogP contribution in [-0.2, 0) is 11.2 Å². The Morgan fingerprint density at radius 1 is 1.13 bits per heavy atom. The van der Waals surface area contributed by atoms with Gasteiger partial charge in [0, 0.05) is 17.1 Å². The van der Waals surface area contributed by atoms with Crippen LogP contribution in [0, 0.1) is 0 Å². The molecule has 2 aromatic rings. The number of thiophene rings is 1. The Morgan fingerprint density at radius 2 is 1.91 bits per heavy atom. The third kappa shape index (κ3) is 4.81. The van der Waals surface area contributed by atoms with Gasteiger partial charge in [-0.1, -0.05) is 24.3 Å². The Balaban J connectivity index is 1.36. The molecule has 1 amide bonds. The zero-order valence-corrected chi connectivity index (χ0v) is 14.1. The lowest BCUT2D eigenvalue weighted by molar-refractivity contribution is -0.892. The summed E-state index contributed by atoms with van der Waals surface area (Å²) in [6.07, 6.45) is 0.931. The molecule has 2 N–H and O–H groups in total. The molecule has 4 nitrogen and oxygen atoms in total. The van der Waals surface area contributed by atoms with E-state index in [0.717, 1.165) is 39.1 Å². The number of para-hydroxylation sites is 1. The van der Waals surface area contributed by atoms with Crippen molar-refractivity contribution in [3.63, 3.8) is 0 Å². The van der Waals surface area contributed by atoms with Crippen LogP contribution in [0.2, 0.25) is 0 Å². The molecule has 0 bridgehead atoms. The number of quaternary nitrogens is 1. The Morgan fingerprint density at radius 3 is 2.61 bits per heavy atom. The highest BCUT2D eigenvalue weighted by Gasteiger charge is 2.21. The molecule has 1 aromatic heterocycles. The van der Waals surface area contributed by atoms with Gasteiger partial charge in [-0.05, 0) is 30.0 Å².